The number of hydrogen-bond acceptors (Lipinski definition) is 1. The van der Waals surface area contributed by atoms with E-state index in [2.05, 4.69) is 163 Å². The van der Waals surface area contributed by atoms with Gasteiger partial charge in [-0.1, -0.05) is 146 Å². The van der Waals surface area contributed by atoms with Crippen molar-refractivity contribution < 1.29 is 0 Å². The maximum atomic E-state index is 3.74. The minimum Gasteiger partial charge on any atom is -0.314 e. The van der Waals surface area contributed by atoms with Crippen molar-refractivity contribution in [2.24, 2.45) is 5.92 Å². The van der Waals surface area contributed by atoms with Gasteiger partial charge in [0, 0.05) is 17.1 Å². The summed E-state index contributed by atoms with van der Waals surface area (Å²) in [6.45, 7) is 3.74. The van der Waals surface area contributed by atoms with Crippen molar-refractivity contribution >= 4 is 16.9 Å². The summed E-state index contributed by atoms with van der Waals surface area (Å²) in [4.78, 5) is 2.45. The lowest BCUT2D eigenvalue weighted by atomic mass is 9.84. The quantitative estimate of drug-likeness (QED) is 0.200. The van der Waals surface area contributed by atoms with Gasteiger partial charge in [-0.2, -0.15) is 0 Å². The highest BCUT2D eigenvalue weighted by Gasteiger charge is 2.21. The van der Waals surface area contributed by atoms with Crippen LogP contribution in [-0.2, 0) is 0 Å². The van der Waals surface area contributed by atoms with E-state index in [-0.39, 0.29) is 0 Å². The van der Waals surface area contributed by atoms with Gasteiger partial charge in [0.05, 0.1) is 0 Å². The first-order valence-electron chi connectivity index (χ1n) is 17.8. The smallest absolute Gasteiger partial charge is 0.0458 e. The molecule has 0 aliphatic heterocycles. The molecule has 0 fully saturated rings. The molecule has 0 saturated carbocycles. The zero-order valence-corrected chi connectivity index (χ0v) is 28.3. The molecule has 242 valence electrons. The van der Waals surface area contributed by atoms with Crippen molar-refractivity contribution in [3.63, 3.8) is 0 Å². The third-order valence-electron chi connectivity index (χ3n) is 9.94. The van der Waals surface area contributed by atoms with Crippen LogP contribution < -0.4 is 4.90 Å². The summed E-state index contributed by atoms with van der Waals surface area (Å²) in [6.07, 6.45) is 41.0. The van der Waals surface area contributed by atoms with Gasteiger partial charge in [-0.15, -0.1) is 0 Å². The molecule has 0 saturated heterocycles. The minimum absolute atomic E-state index is 0.428. The highest BCUT2D eigenvalue weighted by Crippen LogP contribution is 2.39. The van der Waals surface area contributed by atoms with Crippen LogP contribution in [0.1, 0.15) is 50.5 Å². The molecule has 1 nitrogen and oxygen atoms in total. The van der Waals surface area contributed by atoms with Crippen LogP contribution in [0.3, 0.4) is 0 Å². The predicted octanol–water partition coefficient (Wildman–Crippen LogP) is 13.3. The van der Waals surface area contributed by atoms with Gasteiger partial charge >= 0.3 is 0 Å². The second kappa shape index (κ2) is 15.7. The molecule has 3 aromatic rings. The van der Waals surface area contributed by atoms with Crippen LogP contribution in [0, 0.1) is 5.92 Å². The largest absolute Gasteiger partial charge is 0.314 e. The van der Waals surface area contributed by atoms with E-state index in [1.54, 1.807) is 6.08 Å². The van der Waals surface area contributed by atoms with Gasteiger partial charge in [0.15, 0.2) is 0 Å². The van der Waals surface area contributed by atoms with Crippen LogP contribution in [0.4, 0.5) is 11.4 Å². The van der Waals surface area contributed by atoms with Crippen LogP contribution in [0.15, 0.2) is 205 Å². The molecule has 0 amide bonds. The molecule has 0 bridgehead atoms. The zero-order valence-electron chi connectivity index (χ0n) is 28.3. The molecule has 0 N–H and O–H groups in total. The van der Waals surface area contributed by atoms with Crippen molar-refractivity contribution in [3.05, 3.63) is 210 Å². The van der Waals surface area contributed by atoms with Gasteiger partial charge < -0.3 is 4.90 Å². The Kier molecular flexibility index (Phi) is 10.3. The summed E-state index contributed by atoms with van der Waals surface area (Å²) in [5, 5.41) is 0. The standard InChI is InChI=1S/C48H45N/c1-2-3-4-7-12-37-17-19-40(20-18-37)44-27-33-47(34-28-44)49(46-31-25-43(26-32-46)39-15-10-6-11-16-39)48-35-29-45(30-36-48)42-23-21-41(22-24-42)38-13-8-5-9-14-38/h2-8,10-13,15-17,19-21,23,25-29,31-35,37H,1,9,14,18,22,24,30,36H2/b4-3-,12-7+. The van der Waals surface area contributed by atoms with Gasteiger partial charge in [0.25, 0.3) is 0 Å². The lowest BCUT2D eigenvalue weighted by Crippen LogP contribution is -2.18. The van der Waals surface area contributed by atoms with E-state index < -0.39 is 0 Å². The van der Waals surface area contributed by atoms with Crippen molar-refractivity contribution in [1.29, 1.82) is 0 Å². The molecular formula is C48H45N. The molecule has 0 radical (unpaired) electrons. The van der Waals surface area contributed by atoms with Crippen molar-refractivity contribution in [3.8, 4) is 11.1 Å². The number of hydrogen-bond donors (Lipinski definition) is 0. The Morgan fingerprint density at radius 1 is 0.592 bits per heavy atom. The molecule has 4 aliphatic carbocycles. The highest BCUT2D eigenvalue weighted by atomic mass is 15.1. The van der Waals surface area contributed by atoms with E-state index in [1.165, 1.54) is 68.0 Å². The molecule has 0 spiro atoms. The molecule has 1 heteroatoms. The van der Waals surface area contributed by atoms with E-state index in [1.807, 2.05) is 12.2 Å². The van der Waals surface area contributed by atoms with Crippen LogP contribution >= 0.6 is 0 Å². The third kappa shape index (κ3) is 7.85. The molecule has 3 aromatic carbocycles. The molecule has 0 aromatic heterocycles. The van der Waals surface area contributed by atoms with Gasteiger partial charge in [-0.3, -0.25) is 0 Å². The van der Waals surface area contributed by atoms with E-state index in [9.17, 15) is 0 Å². The van der Waals surface area contributed by atoms with Crippen molar-refractivity contribution in [2.75, 3.05) is 4.90 Å². The summed E-state index contributed by atoms with van der Waals surface area (Å²) in [5.41, 5.74) is 14.7. The Bertz CT molecular complexity index is 1960. The summed E-state index contributed by atoms with van der Waals surface area (Å²) in [6, 6.07) is 28.8. The Balaban J connectivity index is 1.14. The van der Waals surface area contributed by atoms with Crippen molar-refractivity contribution in [2.45, 2.75) is 44.9 Å². The molecule has 4 aliphatic rings. The first kappa shape index (κ1) is 32.2. The third-order valence-corrected chi connectivity index (χ3v) is 9.94. The fraction of sp³-hybridized carbons (Fsp3) is 0.167. The molecular weight excluding hydrogens is 591 g/mol. The van der Waals surface area contributed by atoms with E-state index in [0.29, 0.717) is 5.92 Å². The molecule has 0 heterocycles. The van der Waals surface area contributed by atoms with Crippen LogP contribution in [0.25, 0.3) is 16.7 Å². The van der Waals surface area contributed by atoms with Gasteiger partial charge in [0.1, 0.15) is 0 Å². The number of anilines is 2. The average molecular weight is 636 g/mol. The Morgan fingerprint density at radius 3 is 1.80 bits per heavy atom. The van der Waals surface area contributed by atoms with Gasteiger partial charge in [-0.05, 0) is 126 Å². The van der Waals surface area contributed by atoms with Gasteiger partial charge in [0.2, 0.25) is 0 Å². The van der Waals surface area contributed by atoms with E-state index in [4.69, 9.17) is 0 Å². The fourth-order valence-electron chi connectivity index (χ4n) is 7.18. The summed E-state index contributed by atoms with van der Waals surface area (Å²) in [7, 11) is 0. The molecule has 1 atom stereocenters. The lowest BCUT2D eigenvalue weighted by Gasteiger charge is -2.31. The maximum Gasteiger partial charge on any atom is 0.0458 e. The number of nitrogens with zero attached hydrogens (tertiary/aromatic N) is 1. The molecule has 7 rings (SSSR count). The lowest BCUT2D eigenvalue weighted by molar-refractivity contribution is 0.825. The minimum atomic E-state index is 0.428. The zero-order chi connectivity index (χ0) is 33.3. The van der Waals surface area contributed by atoms with E-state index in [0.717, 1.165) is 38.5 Å². The van der Waals surface area contributed by atoms with Crippen LogP contribution in [0.5, 0.6) is 0 Å². The topological polar surface area (TPSA) is 3.24 Å². The molecule has 1 unspecified atom stereocenters. The Hall–Kier alpha value is -5.40. The van der Waals surface area contributed by atoms with Crippen molar-refractivity contribution in [1.82, 2.24) is 0 Å². The summed E-state index contributed by atoms with van der Waals surface area (Å²) >= 11 is 0. The first-order chi connectivity index (χ1) is 24.2. The SMILES string of the molecule is C=C/C=C\C=C\C1C=CC(c2ccc(N(C3=CC=C(C4=CC=C(C5=CC=CCC5)CC4)CC3)c3ccc(-c4ccccc4)cc3)cc2)=CC1. The van der Waals surface area contributed by atoms with Gasteiger partial charge in [-0.25, -0.2) is 0 Å². The van der Waals surface area contributed by atoms with Crippen LogP contribution in [0.2, 0.25) is 0 Å². The Morgan fingerprint density at radius 2 is 1.22 bits per heavy atom. The number of allylic oxidation sites excluding steroid dienone is 21. The Labute approximate surface area is 293 Å². The second-order valence-corrected chi connectivity index (χ2v) is 13.1. The second-order valence-electron chi connectivity index (χ2n) is 13.1. The normalized spacial score (nSPS) is 19.1. The monoisotopic (exact) mass is 635 g/mol. The predicted molar refractivity (Wildman–Crippen MR) is 211 cm³/mol. The fourth-order valence-corrected chi connectivity index (χ4v) is 7.18. The highest BCUT2D eigenvalue weighted by molar-refractivity contribution is 5.78. The number of benzene rings is 3. The average Bonchev–Trinajstić information content (AvgIpc) is 3.18. The number of rotatable bonds is 10. The first-order valence-corrected chi connectivity index (χ1v) is 17.8. The maximum absolute atomic E-state index is 3.74. The molecule has 49 heavy (non-hydrogen) atoms. The summed E-state index contributed by atoms with van der Waals surface area (Å²) in [5.74, 6) is 0.428. The summed E-state index contributed by atoms with van der Waals surface area (Å²) < 4.78 is 0. The van der Waals surface area contributed by atoms with E-state index >= 15 is 0 Å². The van der Waals surface area contributed by atoms with Crippen LogP contribution in [-0.4, -0.2) is 0 Å².